The number of hydrogen-bond acceptors (Lipinski definition) is 3. The van der Waals surface area contributed by atoms with Gasteiger partial charge in [-0.1, -0.05) is 30.3 Å². The highest BCUT2D eigenvalue weighted by atomic mass is 79.9. The second-order valence-electron chi connectivity index (χ2n) is 3.89. The van der Waals surface area contributed by atoms with Crippen LogP contribution in [0, 0.1) is 0 Å². The third-order valence-corrected chi connectivity index (χ3v) is 3.10. The van der Waals surface area contributed by atoms with Crippen LogP contribution >= 0.6 is 15.9 Å². The number of fused-ring (bicyclic) bond motifs is 1. The fraction of sp³-hybridized carbons (Fsp3) is 0.0769. The summed E-state index contributed by atoms with van der Waals surface area (Å²) in [6.45, 7) is 0. The van der Waals surface area contributed by atoms with E-state index in [1.807, 2.05) is 54.2 Å². The summed E-state index contributed by atoms with van der Waals surface area (Å²) < 4.78 is 2.74. The van der Waals surface area contributed by atoms with E-state index in [0.717, 1.165) is 27.3 Å². The minimum absolute atomic E-state index is 0.756. The first kappa shape index (κ1) is 11.2. The van der Waals surface area contributed by atoms with Crippen LogP contribution in [-0.2, 0) is 0 Å². The van der Waals surface area contributed by atoms with Gasteiger partial charge < -0.3 is 9.72 Å². The molecule has 0 radical (unpaired) electrons. The van der Waals surface area contributed by atoms with Crippen molar-refractivity contribution in [3.8, 4) is 11.3 Å². The first-order chi connectivity index (χ1) is 8.78. The molecule has 0 atom stereocenters. The number of nitrogens with one attached hydrogen (secondary N) is 1. The largest absolute Gasteiger partial charge is 0.370 e. The molecule has 0 unspecified atom stereocenters. The van der Waals surface area contributed by atoms with Gasteiger partial charge in [0.2, 0.25) is 0 Å². The van der Waals surface area contributed by atoms with Crippen LogP contribution in [0.5, 0.6) is 0 Å². The molecule has 18 heavy (non-hydrogen) atoms. The molecule has 4 nitrogen and oxygen atoms in total. The molecule has 3 rings (SSSR count). The zero-order valence-electron chi connectivity index (χ0n) is 9.76. The van der Waals surface area contributed by atoms with E-state index in [1.165, 1.54) is 0 Å². The zero-order valence-corrected chi connectivity index (χ0v) is 11.3. The molecule has 0 aliphatic carbocycles. The van der Waals surface area contributed by atoms with E-state index in [0.29, 0.717) is 0 Å². The molecular weight excluding hydrogens is 292 g/mol. The Labute approximate surface area is 113 Å². The lowest BCUT2D eigenvalue weighted by atomic mass is 10.2. The van der Waals surface area contributed by atoms with E-state index < -0.39 is 0 Å². The number of hydrogen-bond donors (Lipinski definition) is 1. The van der Waals surface area contributed by atoms with Crippen molar-refractivity contribution in [1.29, 1.82) is 0 Å². The molecule has 0 fully saturated rings. The van der Waals surface area contributed by atoms with Crippen LogP contribution in [0.1, 0.15) is 0 Å². The van der Waals surface area contributed by atoms with Gasteiger partial charge in [0.15, 0.2) is 11.5 Å². The Morgan fingerprint density at radius 3 is 2.61 bits per heavy atom. The summed E-state index contributed by atoms with van der Waals surface area (Å²) in [6, 6.07) is 10.1. The van der Waals surface area contributed by atoms with Gasteiger partial charge in [-0.25, -0.2) is 9.97 Å². The Morgan fingerprint density at radius 1 is 1.11 bits per heavy atom. The average molecular weight is 303 g/mol. The molecule has 0 amide bonds. The summed E-state index contributed by atoms with van der Waals surface area (Å²) in [5.74, 6) is 0.756. The number of imidazole rings is 1. The van der Waals surface area contributed by atoms with Gasteiger partial charge in [-0.2, -0.15) is 0 Å². The second-order valence-corrected chi connectivity index (χ2v) is 4.70. The summed E-state index contributed by atoms with van der Waals surface area (Å²) in [6.07, 6.45) is 3.90. The topological polar surface area (TPSA) is 42.2 Å². The standard InChI is InChI=1S/C13H11BrN4/c1-15-12-13-16-10(9-5-3-2-4-6-9)7-18(13)8-11(14)17-12/h2-8H,1H3,(H,15,17). The maximum Gasteiger partial charge on any atom is 0.180 e. The van der Waals surface area contributed by atoms with Crippen LogP contribution in [0.25, 0.3) is 16.9 Å². The van der Waals surface area contributed by atoms with Crippen LogP contribution in [0.3, 0.4) is 0 Å². The van der Waals surface area contributed by atoms with Crippen molar-refractivity contribution >= 4 is 27.4 Å². The van der Waals surface area contributed by atoms with Gasteiger partial charge >= 0.3 is 0 Å². The molecule has 0 aliphatic rings. The molecule has 0 saturated carbocycles. The quantitative estimate of drug-likeness (QED) is 0.790. The molecule has 0 saturated heterocycles. The van der Waals surface area contributed by atoms with Gasteiger partial charge in [-0.05, 0) is 15.9 Å². The number of rotatable bonds is 2. The summed E-state index contributed by atoms with van der Waals surface area (Å²) >= 11 is 3.39. The number of aromatic nitrogens is 3. The Morgan fingerprint density at radius 2 is 1.89 bits per heavy atom. The van der Waals surface area contributed by atoms with Crippen LogP contribution < -0.4 is 5.32 Å². The van der Waals surface area contributed by atoms with Crippen molar-refractivity contribution in [2.75, 3.05) is 12.4 Å². The Balaban J connectivity index is 2.23. The van der Waals surface area contributed by atoms with Gasteiger partial charge in [-0.3, -0.25) is 0 Å². The number of anilines is 1. The van der Waals surface area contributed by atoms with E-state index in [1.54, 1.807) is 0 Å². The fourth-order valence-electron chi connectivity index (χ4n) is 1.88. The van der Waals surface area contributed by atoms with Gasteiger partial charge in [0.05, 0.1) is 5.69 Å². The monoisotopic (exact) mass is 302 g/mol. The number of nitrogens with zero attached hydrogens (tertiary/aromatic N) is 3. The highest BCUT2D eigenvalue weighted by Crippen LogP contribution is 2.23. The van der Waals surface area contributed by atoms with Crippen molar-refractivity contribution in [2.24, 2.45) is 0 Å². The van der Waals surface area contributed by atoms with Gasteiger partial charge in [-0.15, -0.1) is 0 Å². The van der Waals surface area contributed by atoms with Crippen molar-refractivity contribution in [3.05, 3.63) is 47.3 Å². The molecule has 3 aromatic rings. The first-order valence-corrected chi connectivity index (χ1v) is 6.35. The molecule has 5 heteroatoms. The zero-order chi connectivity index (χ0) is 12.5. The molecule has 0 aliphatic heterocycles. The van der Waals surface area contributed by atoms with E-state index in [9.17, 15) is 0 Å². The summed E-state index contributed by atoms with van der Waals surface area (Å²) in [7, 11) is 1.84. The smallest absolute Gasteiger partial charge is 0.180 e. The van der Waals surface area contributed by atoms with Crippen LogP contribution in [-0.4, -0.2) is 21.4 Å². The van der Waals surface area contributed by atoms with Gasteiger partial charge in [0.1, 0.15) is 4.60 Å². The van der Waals surface area contributed by atoms with Crippen molar-refractivity contribution in [3.63, 3.8) is 0 Å². The van der Waals surface area contributed by atoms with E-state index in [-0.39, 0.29) is 0 Å². The Hall–Kier alpha value is -1.88. The van der Waals surface area contributed by atoms with Crippen molar-refractivity contribution in [1.82, 2.24) is 14.4 Å². The lowest BCUT2D eigenvalue weighted by Crippen LogP contribution is -1.97. The predicted molar refractivity (Wildman–Crippen MR) is 75.7 cm³/mol. The SMILES string of the molecule is CNc1nc(Br)cn2cc(-c3ccccc3)nc12. The maximum absolute atomic E-state index is 4.61. The summed E-state index contributed by atoms with van der Waals surface area (Å²) in [5, 5.41) is 3.05. The first-order valence-electron chi connectivity index (χ1n) is 5.56. The summed E-state index contributed by atoms with van der Waals surface area (Å²) in [4.78, 5) is 8.96. The minimum atomic E-state index is 0.756. The van der Waals surface area contributed by atoms with Gasteiger partial charge in [0, 0.05) is 25.0 Å². The molecular formula is C13H11BrN4. The molecule has 0 bridgehead atoms. The fourth-order valence-corrected chi connectivity index (χ4v) is 2.28. The van der Waals surface area contributed by atoms with Crippen LogP contribution in [0.15, 0.2) is 47.3 Å². The van der Waals surface area contributed by atoms with Crippen molar-refractivity contribution < 1.29 is 0 Å². The molecule has 0 spiro atoms. The third-order valence-electron chi connectivity index (χ3n) is 2.71. The highest BCUT2D eigenvalue weighted by Gasteiger charge is 2.09. The normalized spacial score (nSPS) is 10.8. The molecule has 1 N–H and O–H groups in total. The molecule has 2 heterocycles. The highest BCUT2D eigenvalue weighted by molar-refractivity contribution is 9.10. The predicted octanol–water partition coefficient (Wildman–Crippen LogP) is 3.20. The second kappa shape index (κ2) is 4.42. The van der Waals surface area contributed by atoms with Crippen molar-refractivity contribution in [2.45, 2.75) is 0 Å². The van der Waals surface area contributed by atoms with E-state index in [4.69, 9.17) is 0 Å². The van der Waals surface area contributed by atoms with Gasteiger partial charge in [0.25, 0.3) is 0 Å². The third kappa shape index (κ3) is 1.86. The van der Waals surface area contributed by atoms with Crippen LogP contribution in [0.4, 0.5) is 5.82 Å². The maximum atomic E-state index is 4.61. The average Bonchev–Trinajstić information content (AvgIpc) is 2.82. The Bertz CT molecular complexity index is 691. The lowest BCUT2D eigenvalue weighted by Gasteiger charge is -2.01. The van der Waals surface area contributed by atoms with E-state index in [2.05, 4.69) is 31.2 Å². The molecule has 1 aromatic carbocycles. The lowest BCUT2D eigenvalue weighted by molar-refractivity contribution is 1.10. The Kier molecular flexibility index (Phi) is 2.76. The van der Waals surface area contributed by atoms with E-state index >= 15 is 0 Å². The minimum Gasteiger partial charge on any atom is -0.370 e. The number of halogens is 1. The summed E-state index contributed by atoms with van der Waals surface area (Å²) in [5.41, 5.74) is 2.85. The molecule has 90 valence electrons. The van der Waals surface area contributed by atoms with Crippen LogP contribution in [0.2, 0.25) is 0 Å². The number of benzene rings is 1. The molecule has 2 aromatic heterocycles.